The van der Waals surface area contributed by atoms with Crippen LogP contribution in [0.3, 0.4) is 0 Å². The van der Waals surface area contributed by atoms with E-state index in [0.29, 0.717) is 12.8 Å². The van der Waals surface area contributed by atoms with Crippen LogP contribution in [0.25, 0.3) is 0 Å². The van der Waals surface area contributed by atoms with Crippen molar-refractivity contribution in [3.8, 4) is 0 Å². The fourth-order valence-corrected chi connectivity index (χ4v) is 4.01. The first-order chi connectivity index (χ1) is 17.0. The number of carbonyl (C=O) groups excluding carboxylic acids is 2. The SMILES string of the molecule is CCCCCCC/C=C\C(CCCCCCC(=O)NCC(=O)O)OC(=O)CCCCCCCCC. The molecule has 0 aromatic carbocycles. The Labute approximate surface area is 214 Å². The third kappa shape index (κ3) is 25.1. The number of amides is 1. The van der Waals surface area contributed by atoms with Crippen LogP contribution in [0, 0.1) is 0 Å². The number of unbranched alkanes of at least 4 members (excludes halogenated alkanes) is 14. The van der Waals surface area contributed by atoms with Crippen molar-refractivity contribution in [2.75, 3.05) is 6.54 Å². The average molecular weight is 496 g/mol. The largest absolute Gasteiger partial charge is 0.480 e. The number of allylic oxidation sites excluding steroid dienone is 1. The molecular formula is C29H53NO5. The van der Waals surface area contributed by atoms with E-state index in [-0.39, 0.29) is 24.5 Å². The number of aliphatic carboxylic acids is 1. The number of carboxylic acids is 1. The summed E-state index contributed by atoms with van der Waals surface area (Å²) in [5.74, 6) is -1.34. The van der Waals surface area contributed by atoms with E-state index < -0.39 is 5.97 Å². The Hall–Kier alpha value is -1.85. The summed E-state index contributed by atoms with van der Waals surface area (Å²) >= 11 is 0. The maximum atomic E-state index is 12.4. The molecule has 0 aromatic heterocycles. The van der Waals surface area contributed by atoms with Crippen molar-refractivity contribution in [2.24, 2.45) is 0 Å². The highest BCUT2D eigenvalue weighted by molar-refractivity contribution is 5.80. The minimum absolute atomic E-state index is 0.0914. The van der Waals surface area contributed by atoms with Crippen molar-refractivity contribution < 1.29 is 24.2 Å². The van der Waals surface area contributed by atoms with E-state index in [4.69, 9.17) is 9.84 Å². The van der Waals surface area contributed by atoms with Crippen molar-refractivity contribution in [3.05, 3.63) is 12.2 Å². The van der Waals surface area contributed by atoms with Gasteiger partial charge in [-0.1, -0.05) is 97.0 Å². The number of hydrogen-bond acceptors (Lipinski definition) is 4. The van der Waals surface area contributed by atoms with Gasteiger partial charge in [0, 0.05) is 12.8 Å². The van der Waals surface area contributed by atoms with Gasteiger partial charge in [0.25, 0.3) is 0 Å². The van der Waals surface area contributed by atoms with E-state index in [1.54, 1.807) is 0 Å². The number of rotatable bonds is 25. The van der Waals surface area contributed by atoms with E-state index in [2.05, 4.69) is 31.3 Å². The molecule has 204 valence electrons. The van der Waals surface area contributed by atoms with Gasteiger partial charge in [-0.25, -0.2) is 0 Å². The molecule has 0 aliphatic carbocycles. The highest BCUT2D eigenvalue weighted by Crippen LogP contribution is 2.15. The zero-order valence-electron chi connectivity index (χ0n) is 22.7. The van der Waals surface area contributed by atoms with Crippen LogP contribution in [0.4, 0.5) is 0 Å². The highest BCUT2D eigenvalue weighted by atomic mass is 16.5. The van der Waals surface area contributed by atoms with Crippen LogP contribution < -0.4 is 5.32 Å². The molecule has 1 unspecified atom stereocenters. The number of ether oxygens (including phenoxy) is 1. The second kappa shape index (κ2) is 25.2. The Balaban J connectivity index is 4.22. The number of carboxylic acid groups (broad SMARTS) is 1. The fraction of sp³-hybridized carbons (Fsp3) is 0.828. The van der Waals surface area contributed by atoms with E-state index in [1.165, 1.54) is 64.2 Å². The summed E-state index contributed by atoms with van der Waals surface area (Å²) in [7, 11) is 0. The average Bonchev–Trinajstić information content (AvgIpc) is 2.83. The van der Waals surface area contributed by atoms with Gasteiger partial charge in [-0.3, -0.25) is 14.4 Å². The lowest BCUT2D eigenvalue weighted by Crippen LogP contribution is -2.28. The monoisotopic (exact) mass is 495 g/mol. The molecule has 1 amide bonds. The topological polar surface area (TPSA) is 92.7 Å². The highest BCUT2D eigenvalue weighted by Gasteiger charge is 2.11. The van der Waals surface area contributed by atoms with Crippen molar-refractivity contribution in [1.29, 1.82) is 0 Å². The van der Waals surface area contributed by atoms with Crippen molar-refractivity contribution in [1.82, 2.24) is 5.32 Å². The summed E-state index contributed by atoms with van der Waals surface area (Å²) < 4.78 is 5.79. The van der Waals surface area contributed by atoms with Gasteiger partial charge >= 0.3 is 11.9 Å². The van der Waals surface area contributed by atoms with Gasteiger partial charge in [0.1, 0.15) is 12.6 Å². The van der Waals surface area contributed by atoms with E-state index >= 15 is 0 Å². The summed E-state index contributed by atoms with van der Waals surface area (Å²) in [5.41, 5.74) is 0. The summed E-state index contributed by atoms with van der Waals surface area (Å²) in [6.07, 6.45) is 24.9. The molecule has 0 fully saturated rings. The van der Waals surface area contributed by atoms with Gasteiger partial charge in [-0.2, -0.15) is 0 Å². The second-order valence-electron chi connectivity index (χ2n) is 9.65. The summed E-state index contributed by atoms with van der Waals surface area (Å²) in [6.45, 7) is 4.12. The van der Waals surface area contributed by atoms with Gasteiger partial charge in [0.05, 0.1) is 0 Å². The smallest absolute Gasteiger partial charge is 0.322 e. The molecule has 0 saturated heterocycles. The van der Waals surface area contributed by atoms with Gasteiger partial charge < -0.3 is 15.2 Å². The predicted molar refractivity (Wildman–Crippen MR) is 143 cm³/mol. The fourth-order valence-electron chi connectivity index (χ4n) is 4.01. The number of nitrogens with one attached hydrogen (secondary N) is 1. The molecule has 0 saturated carbocycles. The Kier molecular flexibility index (Phi) is 23.9. The Morgan fingerprint density at radius 2 is 1.29 bits per heavy atom. The molecule has 0 aliphatic rings. The Bertz CT molecular complexity index is 561. The third-order valence-corrected chi connectivity index (χ3v) is 6.17. The van der Waals surface area contributed by atoms with Crippen LogP contribution >= 0.6 is 0 Å². The minimum atomic E-state index is -1.03. The molecule has 0 aliphatic heterocycles. The number of esters is 1. The third-order valence-electron chi connectivity index (χ3n) is 6.17. The van der Waals surface area contributed by atoms with Crippen LogP contribution in [-0.2, 0) is 19.1 Å². The summed E-state index contributed by atoms with van der Waals surface area (Å²) in [6, 6.07) is 0. The first-order valence-corrected chi connectivity index (χ1v) is 14.3. The van der Waals surface area contributed by atoms with Gasteiger partial charge in [0.2, 0.25) is 5.91 Å². The first kappa shape index (κ1) is 33.1. The van der Waals surface area contributed by atoms with Crippen LogP contribution in [0.1, 0.15) is 142 Å². The van der Waals surface area contributed by atoms with Gasteiger partial charge in [-0.05, 0) is 44.6 Å². The standard InChI is InChI=1S/C29H53NO5/c1-3-5-7-9-11-13-17-21-26(35-29(34)24-20-14-12-10-8-6-4-2)22-18-15-16-19-23-27(31)30-25-28(32)33/h17,21,26H,3-16,18-20,22-25H2,1-2H3,(H,30,31)(H,32,33)/b21-17-. The zero-order chi connectivity index (χ0) is 26.0. The van der Waals surface area contributed by atoms with Crippen LogP contribution in [0.5, 0.6) is 0 Å². The van der Waals surface area contributed by atoms with E-state index in [1.807, 2.05) is 0 Å². The lowest BCUT2D eigenvalue weighted by molar-refractivity contribution is -0.147. The molecule has 0 bridgehead atoms. The maximum absolute atomic E-state index is 12.4. The molecule has 2 N–H and O–H groups in total. The molecule has 0 heterocycles. The number of hydrogen-bond donors (Lipinski definition) is 2. The quantitative estimate of drug-likeness (QED) is 0.0777. The van der Waals surface area contributed by atoms with E-state index in [9.17, 15) is 14.4 Å². The Morgan fingerprint density at radius 1 is 0.743 bits per heavy atom. The number of carbonyl (C=O) groups is 3. The summed E-state index contributed by atoms with van der Waals surface area (Å²) in [5, 5.41) is 11.0. The minimum Gasteiger partial charge on any atom is -0.480 e. The molecule has 0 spiro atoms. The van der Waals surface area contributed by atoms with Crippen LogP contribution in [0.15, 0.2) is 12.2 Å². The molecule has 1 atom stereocenters. The molecule has 6 nitrogen and oxygen atoms in total. The van der Waals surface area contributed by atoms with Crippen molar-refractivity contribution in [3.63, 3.8) is 0 Å². The molecule has 6 heteroatoms. The van der Waals surface area contributed by atoms with Crippen LogP contribution in [-0.4, -0.2) is 35.6 Å². The second-order valence-corrected chi connectivity index (χ2v) is 9.65. The Morgan fingerprint density at radius 3 is 1.91 bits per heavy atom. The first-order valence-electron chi connectivity index (χ1n) is 14.3. The molecule has 0 aromatic rings. The molecular weight excluding hydrogens is 442 g/mol. The van der Waals surface area contributed by atoms with Gasteiger partial charge in [-0.15, -0.1) is 0 Å². The molecule has 0 rings (SSSR count). The van der Waals surface area contributed by atoms with Gasteiger partial charge in [0.15, 0.2) is 0 Å². The maximum Gasteiger partial charge on any atom is 0.322 e. The predicted octanol–water partition coefficient (Wildman–Crippen LogP) is 7.50. The zero-order valence-corrected chi connectivity index (χ0v) is 22.7. The van der Waals surface area contributed by atoms with E-state index in [0.717, 1.165) is 51.4 Å². The van der Waals surface area contributed by atoms with Crippen molar-refractivity contribution in [2.45, 2.75) is 148 Å². The normalized spacial score (nSPS) is 12.1. The van der Waals surface area contributed by atoms with Crippen molar-refractivity contribution >= 4 is 17.8 Å². The summed E-state index contributed by atoms with van der Waals surface area (Å²) in [4.78, 5) is 34.4. The van der Waals surface area contributed by atoms with Crippen LogP contribution in [0.2, 0.25) is 0 Å². The lowest BCUT2D eigenvalue weighted by Gasteiger charge is -2.15. The molecule has 0 radical (unpaired) electrons. The lowest BCUT2D eigenvalue weighted by atomic mass is 10.1. The molecule has 35 heavy (non-hydrogen) atoms.